The molecule has 1 fully saturated rings. The van der Waals surface area contributed by atoms with Crippen LogP contribution in [0.15, 0.2) is 18.2 Å². The van der Waals surface area contributed by atoms with Crippen molar-refractivity contribution in [1.82, 2.24) is 20.5 Å². The monoisotopic (exact) mass is 367 g/mol. The number of anilines is 1. The Morgan fingerprint density at radius 1 is 1.31 bits per heavy atom. The van der Waals surface area contributed by atoms with Crippen LogP contribution in [0.25, 0.3) is 11.3 Å². The van der Waals surface area contributed by atoms with Crippen molar-refractivity contribution >= 4 is 11.9 Å². The predicted octanol–water partition coefficient (Wildman–Crippen LogP) is 2.30. The molecule has 0 radical (unpaired) electrons. The second-order valence-electron chi connectivity index (χ2n) is 5.95. The van der Waals surface area contributed by atoms with Gasteiger partial charge in [-0.1, -0.05) is 0 Å². The molecule has 1 saturated carbocycles. The van der Waals surface area contributed by atoms with Gasteiger partial charge in [0.25, 0.3) is 0 Å². The summed E-state index contributed by atoms with van der Waals surface area (Å²) in [7, 11) is 1.62. The van der Waals surface area contributed by atoms with Gasteiger partial charge in [-0.25, -0.2) is 4.98 Å². The maximum atomic E-state index is 12.8. The summed E-state index contributed by atoms with van der Waals surface area (Å²) in [6.07, 6.45) is -2.87. The van der Waals surface area contributed by atoms with Crippen LogP contribution in [0.2, 0.25) is 0 Å². The van der Waals surface area contributed by atoms with Crippen LogP contribution in [0, 0.1) is 0 Å². The Bertz CT molecular complexity index is 837. The molecule has 0 saturated heterocycles. The van der Waals surface area contributed by atoms with E-state index in [1.54, 1.807) is 7.05 Å². The van der Waals surface area contributed by atoms with Crippen molar-refractivity contribution in [3.05, 3.63) is 29.5 Å². The number of alkyl halides is 3. The summed E-state index contributed by atoms with van der Waals surface area (Å²) in [4.78, 5) is 15.9. The maximum Gasteiger partial charge on any atom is 0.416 e. The number of carbonyl (C=O) groups excluding carboxylic acids is 1. The van der Waals surface area contributed by atoms with E-state index in [0.717, 1.165) is 25.0 Å². The number of aromatic nitrogens is 3. The number of rotatable bonds is 5. The molecule has 1 aliphatic rings. The second kappa shape index (κ2) is 6.87. The van der Waals surface area contributed by atoms with Gasteiger partial charge in [0.2, 0.25) is 11.9 Å². The van der Waals surface area contributed by atoms with Gasteiger partial charge < -0.3 is 10.4 Å². The summed E-state index contributed by atoms with van der Waals surface area (Å²) in [5, 5.41) is 23.0. The Kier molecular flexibility index (Phi) is 4.77. The molecule has 1 amide bonds. The Labute approximate surface area is 146 Å². The molecule has 0 bridgehead atoms. The van der Waals surface area contributed by atoms with E-state index in [0.29, 0.717) is 11.8 Å². The van der Waals surface area contributed by atoms with Gasteiger partial charge in [-0.3, -0.25) is 10.1 Å². The number of hydrogen-bond donors (Lipinski definition) is 3. The third-order valence-corrected chi connectivity index (χ3v) is 3.85. The molecule has 26 heavy (non-hydrogen) atoms. The molecule has 0 atom stereocenters. The summed E-state index contributed by atoms with van der Waals surface area (Å²) in [6.45, 7) is 0.0730. The molecule has 1 aromatic heterocycles. The van der Waals surface area contributed by atoms with Crippen molar-refractivity contribution in [3.63, 3.8) is 0 Å². The van der Waals surface area contributed by atoms with Crippen molar-refractivity contribution in [1.29, 1.82) is 0 Å². The van der Waals surface area contributed by atoms with Crippen LogP contribution in [-0.4, -0.2) is 39.8 Å². The number of amides is 1. The fraction of sp³-hybridized carbons (Fsp3) is 0.375. The van der Waals surface area contributed by atoms with E-state index in [-0.39, 0.29) is 35.6 Å². The quantitative estimate of drug-likeness (QED) is 0.750. The van der Waals surface area contributed by atoms with E-state index in [2.05, 4.69) is 25.8 Å². The standard InChI is InChI=1S/C16H16F3N5O2/c1-20-7-12(26)21-15-22-13(8-2-3-8)14(23-24-15)10-5-4-9(6-11(10)25)16(17,18)19/h4-6,8,20,25H,2-3,7H2,1H3,(H,21,22,24,26). The van der Waals surface area contributed by atoms with E-state index in [1.807, 2.05) is 0 Å². The molecule has 3 rings (SSSR count). The van der Waals surface area contributed by atoms with Gasteiger partial charge in [-0.15, -0.1) is 10.2 Å². The summed E-state index contributed by atoms with van der Waals surface area (Å²) in [5.41, 5.74) is -0.128. The van der Waals surface area contributed by atoms with Crippen LogP contribution < -0.4 is 10.6 Å². The maximum absolute atomic E-state index is 12.8. The SMILES string of the molecule is CNCC(=O)Nc1nnc(-c2ccc(C(F)(F)F)cc2O)c(C2CC2)n1. The fourth-order valence-electron chi connectivity index (χ4n) is 2.46. The van der Waals surface area contributed by atoms with E-state index in [9.17, 15) is 23.1 Å². The number of carbonyl (C=O) groups is 1. The van der Waals surface area contributed by atoms with Crippen molar-refractivity contribution in [2.75, 3.05) is 18.9 Å². The minimum atomic E-state index is -4.55. The van der Waals surface area contributed by atoms with Crippen LogP contribution >= 0.6 is 0 Å². The lowest BCUT2D eigenvalue weighted by molar-refractivity contribution is -0.137. The number of benzene rings is 1. The minimum absolute atomic E-state index is 0.0160. The number of likely N-dealkylation sites (N-methyl/N-ethyl adjacent to an activating group) is 1. The van der Waals surface area contributed by atoms with Gasteiger partial charge in [0.15, 0.2) is 0 Å². The molecule has 0 aliphatic heterocycles. The highest BCUT2D eigenvalue weighted by Crippen LogP contribution is 2.45. The zero-order chi connectivity index (χ0) is 18.9. The number of hydrogen-bond acceptors (Lipinski definition) is 6. The third kappa shape index (κ3) is 3.90. The van der Waals surface area contributed by atoms with Crippen LogP contribution in [0.1, 0.15) is 30.0 Å². The molecule has 10 heteroatoms. The molecule has 3 N–H and O–H groups in total. The smallest absolute Gasteiger partial charge is 0.416 e. The second-order valence-corrected chi connectivity index (χ2v) is 5.95. The first-order valence-corrected chi connectivity index (χ1v) is 7.89. The Morgan fingerprint density at radius 3 is 2.62 bits per heavy atom. The highest BCUT2D eigenvalue weighted by Gasteiger charge is 2.33. The highest BCUT2D eigenvalue weighted by atomic mass is 19.4. The summed E-state index contributed by atoms with van der Waals surface area (Å²) in [6, 6.07) is 2.67. The number of phenolic OH excluding ortho intramolecular Hbond substituents is 1. The molecule has 2 aromatic rings. The Balaban J connectivity index is 1.96. The van der Waals surface area contributed by atoms with Crippen LogP contribution in [0.5, 0.6) is 5.75 Å². The molecular weight excluding hydrogens is 351 g/mol. The average Bonchev–Trinajstić information content (AvgIpc) is 3.39. The van der Waals surface area contributed by atoms with Crippen LogP contribution in [-0.2, 0) is 11.0 Å². The van der Waals surface area contributed by atoms with Gasteiger partial charge >= 0.3 is 6.18 Å². The predicted molar refractivity (Wildman–Crippen MR) is 86.5 cm³/mol. The van der Waals surface area contributed by atoms with Gasteiger partial charge in [0.1, 0.15) is 11.4 Å². The first kappa shape index (κ1) is 18.1. The van der Waals surface area contributed by atoms with Gasteiger partial charge in [-0.2, -0.15) is 13.2 Å². The Hall–Kier alpha value is -2.75. The molecule has 1 aromatic carbocycles. The molecule has 0 spiro atoms. The normalized spacial score (nSPS) is 14.3. The average molecular weight is 367 g/mol. The lowest BCUT2D eigenvalue weighted by Gasteiger charge is -2.12. The van der Waals surface area contributed by atoms with Crippen molar-refractivity contribution in [2.45, 2.75) is 24.9 Å². The van der Waals surface area contributed by atoms with E-state index >= 15 is 0 Å². The van der Waals surface area contributed by atoms with E-state index in [1.165, 1.54) is 0 Å². The molecule has 7 nitrogen and oxygen atoms in total. The lowest BCUT2D eigenvalue weighted by Crippen LogP contribution is -2.26. The zero-order valence-electron chi connectivity index (χ0n) is 13.8. The molecular formula is C16H16F3N5O2. The molecule has 138 valence electrons. The van der Waals surface area contributed by atoms with Crippen molar-refractivity contribution < 1.29 is 23.1 Å². The molecule has 0 unspecified atom stereocenters. The summed E-state index contributed by atoms with van der Waals surface area (Å²) >= 11 is 0. The lowest BCUT2D eigenvalue weighted by atomic mass is 10.0. The first-order chi connectivity index (χ1) is 12.3. The van der Waals surface area contributed by atoms with Crippen molar-refractivity contribution in [3.8, 4) is 17.0 Å². The molecule has 1 heterocycles. The van der Waals surface area contributed by atoms with Gasteiger partial charge in [0.05, 0.1) is 17.8 Å². The number of nitrogens with one attached hydrogen (secondary N) is 2. The highest BCUT2D eigenvalue weighted by molar-refractivity contribution is 5.90. The third-order valence-electron chi connectivity index (χ3n) is 3.85. The Morgan fingerprint density at radius 2 is 2.04 bits per heavy atom. The first-order valence-electron chi connectivity index (χ1n) is 7.89. The summed E-state index contributed by atoms with van der Waals surface area (Å²) in [5.74, 6) is -0.810. The number of nitrogens with zero attached hydrogens (tertiary/aromatic N) is 3. The number of halogens is 3. The van der Waals surface area contributed by atoms with Gasteiger partial charge in [-0.05, 0) is 38.1 Å². The van der Waals surface area contributed by atoms with E-state index < -0.39 is 17.5 Å². The van der Waals surface area contributed by atoms with Crippen molar-refractivity contribution in [2.24, 2.45) is 0 Å². The zero-order valence-corrected chi connectivity index (χ0v) is 13.8. The number of aromatic hydroxyl groups is 1. The molecule has 1 aliphatic carbocycles. The minimum Gasteiger partial charge on any atom is -0.507 e. The van der Waals surface area contributed by atoms with E-state index in [4.69, 9.17) is 0 Å². The topological polar surface area (TPSA) is 100 Å². The van der Waals surface area contributed by atoms with Crippen LogP contribution in [0.4, 0.5) is 19.1 Å². The fourth-order valence-corrected chi connectivity index (χ4v) is 2.46. The largest absolute Gasteiger partial charge is 0.507 e. The van der Waals surface area contributed by atoms with Crippen LogP contribution in [0.3, 0.4) is 0 Å². The van der Waals surface area contributed by atoms with Gasteiger partial charge in [0, 0.05) is 11.5 Å². The summed E-state index contributed by atoms with van der Waals surface area (Å²) < 4.78 is 38.3. The number of phenols is 1.